The van der Waals surface area contributed by atoms with E-state index in [9.17, 15) is 4.79 Å². The Bertz CT molecular complexity index is 459. The van der Waals surface area contributed by atoms with Crippen LogP contribution in [0.1, 0.15) is 19.3 Å². The highest BCUT2D eigenvalue weighted by Crippen LogP contribution is 2.27. The van der Waals surface area contributed by atoms with Crippen molar-refractivity contribution in [1.82, 2.24) is 0 Å². The van der Waals surface area contributed by atoms with E-state index in [0.29, 0.717) is 23.0 Å². The lowest BCUT2D eigenvalue weighted by molar-refractivity contribution is -0.116. The molecule has 2 rings (SSSR count). The SMILES string of the molecule is O=C(CC1C=CCC1)Nc1cc(Br)ccc1Cl. The molecule has 2 nitrogen and oxygen atoms in total. The number of anilines is 1. The minimum absolute atomic E-state index is 0.0153. The van der Waals surface area contributed by atoms with E-state index in [0.717, 1.165) is 17.3 Å². The molecule has 17 heavy (non-hydrogen) atoms. The summed E-state index contributed by atoms with van der Waals surface area (Å²) in [6.07, 6.45) is 6.92. The maximum absolute atomic E-state index is 11.8. The summed E-state index contributed by atoms with van der Waals surface area (Å²) < 4.78 is 0.901. The molecule has 1 aliphatic rings. The second kappa shape index (κ2) is 5.69. The van der Waals surface area contributed by atoms with Gasteiger partial charge in [-0.25, -0.2) is 0 Å². The van der Waals surface area contributed by atoms with E-state index < -0.39 is 0 Å². The summed E-state index contributed by atoms with van der Waals surface area (Å²) in [5.41, 5.74) is 0.660. The molecule has 90 valence electrons. The van der Waals surface area contributed by atoms with Crippen molar-refractivity contribution in [2.45, 2.75) is 19.3 Å². The quantitative estimate of drug-likeness (QED) is 0.823. The fourth-order valence-electron chi connectivity index (χ4n) is 1.90. The van der Waals surface area contributed by atoms with E-state index in [1.54, 1.807) is 6.07 Å². The van der Waals surface area contributed by atoms with Crippen molar-refractivity contribution >= 4 is 39.1 Å². The Balaban J connectivity index is 1.97. The van der Waals surface area contributed by atoms with Gasteiger partial charge in [-0.3, -0.25) is 4.79 Å². The zero-order valence-corrected chi connectivity index (χ0v) is 11.6. The summed E-state index contributed by atoms with van der Waals surface area (Å²) in [6.45, 7) is 0. The molecule has 0 saturated carbocycles. The number of allylic oxidation sites excluding steroid dienone is 2. The predicted octanol–water partition coefficient (Wildman–Crippen LogP) is 4.40. The normalized spacial score (nSPS) is 18.4. The molecule has 0 saturated heterocycles. The molecule has 1 aromatic rings. The molecule has 0 radical (unpaired) electrons. The third-order valence-electron chi connectivity index (χ3n) is 2.76. The van der Waals surface area contributed by atoms with Gasteiger partial charge >= 0.3 is 0 Å². The van der Waals surface area contributed by atoms with Gasteiger partial charge in [0, 0.05) is 10.9 Å². The highest BCUT2D eigenvalue weighted by atomic mass is 79.9. The van der Waals surface area contributed by atoms with E-state index in [1.165, 1.54) is 0 Å². The number of nitrogens with one attached hydrogen (secondary N) is 1. The first-order valence-corrected chi connectivity index (χ1v) is 6.74. The van der Waals surface area contributed by atoms with E-state index >= 15 is 0 Å². The molecule has 4 heteroatoms. The van der Waals surface area contributed by atoms with Crippen LogP contribution in [0.3, 0.4) is 0 Å². The number of hydrogen-bond acceptors (Lipinski definition) is 1. The third kappa shape index (κ3) is 3.58. The molecule has 1 aliphatic carbocycles. The van der Waals surface area contributed by atoms with Gasteiger partial charge in [0.25, 0.3) is 0 Å². The first-order chi connectivity index (χ1) is 8.15. The minimum Gasteiger partial charge on any atom is -0.325 e. The monoisotopic (exact) mass is 313 g/mol. The van der Waals surface area contributed by atoms with Crippen LogP contribution in [0.5, 0.6) is 0 Å². The Labute approximate surface area is 114 Å². The number of carbonyl (C=O) groups excluding carboxylic acids is 1. The molecule has 1 amide bonds. The first-order valence-electron chi connectivity index (χ1n) is 5.57. The maximum atomic E-state index is 11.8. The minimum atomic E-state index is 0.0153. The van der Waals surface area contributed by atoms with Crippen LogP contribution in [0.4, 0.5) is 5.69 Å². The van der Waals surface area contributed by atoms with Gasteiger partial charge in [-0.15, -0.1) is 0 Å². The zero-order valence-electron chi connectivity index (χ0n) is 9.25. The summed E-state index contributed by atoms with van der Waals surface area (Å²) in [5.74, 6) is 0.391. The van der Waals surface area contributed by atoms with Crippen LogP contribution in [-0.4, -0.2) is 5.91 Å². The number of rotatable bonds is 3. The Hall–Kier alpha value is -0.800. The van der Waals surface area contributed by atoms with Gasteiger partial charge in [0.05, 0.1) is 10.7 Å². The van der Waals surface area contributed by atoms with E-state index in [4.69, 9.17) is 11.6 Å². The van der Waals surface area contributed by atoms with E-state index in [2.05, 4.69) is 33.4 Å². The Morgan fingerprint density at radius 2 is 2.35 bits per heavy atom. The summed E-state index contributed by atoms with van der Waals surface area (Å²) in [7, 11) is 0. The molecule has 1 N–H and O–H groups in total. The van der Waals surface area contributed by atoms with Crippen molar-refractivity contribution in [2.24, 2.45) is 5.92 Å². The van der Waals surface area contributed by atoms with Gasteiger partial charge in [0.2, 0.25) is 5.91 Å². The largest absolute Gasteiger partial charge is 0.325 e. The van der Waals surface area contributed by atoms with Crippen molar-refractivity contribution in [1.29, 1.82) is 0 Å². The van der Waals surface area contributed by atoms with Crippen molar-refractivity contribution in [2.75, 3.05) is 5.32 Å². The molecule has 0 aliphatic heterocycles. The van der Waals surface area contributed by atoms with Crippen LogP contribution < -0.4 is 5.32 Å². The molecule has 1 atom stereocenters. The van der Waals surface area contributed by atoms with Crippen molar-refractivity contribution < 1.29 is 4.79 Å². The highest BCUT2D eigenvalue weighted by Gasteiger charge is 2.14. The summed E-state index contributed by atoms with van der Waals surface area (Å²) in [5, 5.41) is 3.40. The highest BCUT2D eigenvalue weighted by molar-refractivity contribution is 9.10. The van der Waals surface area contributed by atoms with E-state index in [1.807, 2.05) is 12.1 Å². The summed E-state index contributed by atoms with van der Waals surface area (Å²) >= 11 is 9.36. The lowest BCUT2D eigenvalue weighted by atomic mass is 10.1. The maximum Gasteiger partial charge on any atom is 0.225 e. The lowest BCUT2D eigenvalue weighted by Gasteiger charge is -2.10. The summed E-state index contributed by atoms with van der Waals surface area (Å²) in [6, 6.07) is 5.42. The number of amides is 1. The van der Waals surface area contributed by atoms with Gasteiger partial charge in [-0.1, -0.05) is 39.7 Å². The fourth-order valence-corrected chi connectivity index (χ4v) is 2.42. The molecular weight excluding hydrogens is 302 g/mol. The number of halogens is 2. The van der Waals surface area contributed by atoms with Crippen LogP contribution in [0.15, 0.2) is 34.8 Å². The average molecular weight is 315 g/mol. The van der Waals surface area contributed by atoms with Crippen LogP contribution >= 0.6 is 27.5 Å². The van der Waals surface area contributed by atoms with Crippen molar-refractivity contribution in [3.8, 4) is 0 Å². The van der Waals surface area contributed by atoms with Crippen molar-refractivity contribution in [3.05, 3.63) is 39.8 Å². The topological polar surface area (TPSA) is 29.1 Å². The van der Waals surface area contributed by atoms with Crippen LogP contribution in [0.2, 0.25) is 5.02 Å². The molecule has 1 unspecified atom stereocenters. The second-order valence-electron chi connectivity index (χ2n) is 4.14. The lowest BCUT2D eigenvalue weighted by Crippen LogP contribution is -2.15. The van der Waals surface area contributed by atoms with Crippen LogP contribution in [0.25, 0.3) is 0 Å². The average Bonchev–Trinajstić information content (AvgIpc) is 2.76. The Morgan fingerprint density at radius 3 is 3.06 bits per heavy atom. The molecule has 0 fully saturated rings. The smallest absolute Gasteiger partial charge is 0.225 e. The van der Waals surface area contributed by atoms with Gasteiger partial charge in [0.1, 0.15) is 0 Å². The van der Waals surface area contributed by atoms with Gasteiger partial charge in [0.15, 0.2) is 0 Å². The number of carbonyl (C=O) groups is 1. The predicted molar refractivity (Wildman–Crippen MR) is 74.3 cm³/mol. The Morgan fingerprint density at radius 1 is 1.53 bits per heavy atom. The molecule has 0 heterocycles. The number of benzene rings is 1. The Kier molecular flexibility index (Phi) is 4.24. The van der Waals surface area contributed by atoms with Crippen molar-refractivity contribution in [3.63, 3.8) is 0 Å². The van der Waals surface area contributed by atoms with E-state index in [-0.39, 0.29) is 5.91 Å². The van der Waals surface area contributed by atoms with Gasteiger partial charge in [-0.05, 0) is 37.0 Å². The molecule has 0 bridgehead atoms. The van der Waals surface area contributed by atoms with Gasteiger partial charge in [-0.2, -0.15) is 0 Å². The second-order valence-corrected chi connectivity index (χ2v) is 5.46. The van der Waals surface area contributed by atoms with Crippen LogP contribution in [-0.2, 0) is 4.79 Å². The fraction of sp³-hybridized carbons (Fsp3) is 0.308. The molecular formula is C13H13BrClNO. The van der Waals surface area contributed by atoms with Gasteiger partial charge < -0.3 is 5.32 Å². The van der Waals surface area contributed by atoms with Crippen LogP contribution in [0, 0.1) is 5.92 Å². The standard InChI is InChI=1S/C13H13BrClNO/c14-10-5-6-11(15)12(8-10)16-13(17)7-9-3-1-2-4-9/h1,3,5-6,8-9H,2,4,7H2,(H,16,17). The molecule has 0 spiro atoms. The molecule has 1 aromatic carbocycles. The first kappa shape index (κ1) is 12.7. The zero-order chi connectivity index (χ0) is 12.3. The molecule has 0 aromatic heterocycles. The summed E-state index contributed by atoms with van der Waals surface area (Å²) in [4.78, 5) is 11.8. The number of hydrogen-bond donors (Lipinski definition) is 1. The third-order valence-corrected chi connectivity index (χ3v) is 3.59.